The highest BCUT2D eigenvalue weighted by Crippen LogP contribution is 2.24. The number of amides is 3. The van der Waals surface area contributed by atoms with E-state index in [1.807, 2.05) is 6.92 Å². The van der Waals surface area contributed by atoms with Crippen molar-refractivity contribution in [3.63, 3.8) is 0 Å². The zero-order valence-electron chi connectivity index (χ0n) is 14.8. The van der Waals surface area contributed by atoms with Gasteiger partial charge in [0.1, 0.15) is 6.04 Å². The van der Waals surface area contributed by atoms with Crippen LogP contribution in [-0.4, -0.2) is 34.7 Å². The van der Waals surface area contributed by atoms with E-state index < -0.39 is 17.9 Å². The molecular formula is C19H26N2O3. The van der Waals surface area contributed by atoms with Gasteiger partial charge in [-0.3, -0.25) is 19.3 Å². The molecule has 5 nitrogen and oxygen atoms in total. The first kappa shape index (κ1) is 18.2. The predicted molar refractivity (Wildman–Crippen MR) is 92.7 cm³/mol. The molecule has 2 unspecified atom stereocenters. The second kappa shape index (κ2) is 7.60. The van der Waals surface area contributed by atoms with Gasteiger partial charge in [-0.2, -0.15) is 0 Å². The maximum atomic E-state index is 12.4. The van der Waals surface area contributed by atoms with Crippen LogP contribution in [0.3, 0.4) is 0 Å². The van der Waals surface area contributed by atoms with Crippen LogP contribution >= 0.6 is 0 Å². The molecule has 0 bridgehead atoms. The minimum Gasteiger partial charge on any atom is -0.352 e. The van der Waals surface area contributed by atoms with Crippen LogP contribution < -0.4 is 5.32 Å². The third-order valence-corrected chi connectivity index (χ3v) is 4.40. The average molecular weight is 330 g/mol. The molecule has 0 aliphatic carbocycles. The Kier molecular flexibility index (Phi) is 5.75. The van der Waals surface area contributed by atoms with Crippen molar-refractivity contribution in [3.8, 4) is 0 Å². The SMILES string of the molecule is CC(C)CCCC(C)NC(=O)C(C)N1C(=O)c2ccccc2C1=O. The minimum absolute atomic E-state index is 0.0221. The van der Waals surface area contributed by atoms with E-state index in [0.717, 1.165) is 24.2 Å². The molecular weight excluding hydrogens is 304 g/mol. The van der Waals surface area contributed by atoms with Crippen molar-refractivity contribution in [2.24, 2.45) is 5.92 Å². The molecule has 2 rings (SSSR count). The van der Waals surface area contributed by atoms with E-state index in [1.54, 1.807) is 31.2 Å². The zero-order chi connectivity index (χ0) is 17.9. The number of rotatable bonds is 7. The second-order valence-corrected chi connectivity index (χ2v) is 6.94. The second-order valence-electron chi connectivity index (χ2n) is 6.94. The maximum absolute atomic E-state index is 12.4. The summed E-state index contributed by atoms with van der Waals surface area (Å²) in [5.74, 6) is -0.442. The molecule has 5 heteroatoms. The number of nitrogens with one attached hydrogen (secondary N) is 1. The van der Waals surface area contributed by atoms with Gasteiger partial charge in [0.05, 0.1) is 11.1 Å². The smallest absolute Gasteiger partial charge is 0.262 e. The highest BCUT2D eigenvalue weighted by Gasteiger charge is 2.40. The summed E-state index contributed by atoms with van der Waals surface area (Å²) in [6, 6.07) is 5.88. The van der Waals surface area contributed by atoms with Gasteiger partial charge in [0, 0.05) is 6.04 Å². The van der Waals surface area contributed by atoms with Crippen molar-refractivity contribution in [2.45, 2.75) is 59.0 Å². The Bertz CT molecular complexity index is 604. The molecule has 0 fully saturated rings. The highest BCUT2D eigenvalue weighted by atomic mass is 16.2. The van der Waals surface area contributed by atoms with E-state index in [1.165, 1.54) is 0 Å². The first-order valence-corrected chi connectivity index (χ1v) is 8.60. The number of carbonyl (C=O) groups is 3. The van der Waals surface area contributed by atoms with Gasteiger partial charge in [-0.25, -0.2) is 0 Å². The Balaban J connectivity index is 1.97. The summed E-state index contributed by atoms with van der Waals surface area (Å²) in [7, 11) is 0. The van der Waals surface area contributed by atoms with Gasteiger partial charge in [-0.15, -0.1) is 0 Å². The fraction of sp³-hybridized carbons (Fsp3) is 0.526. The Morgan fingerprint density at radius 2 is 1.54 bits per heavy atom. The Morgan fingerprint density at radius 3 is 2.04 bits per heavy atom. The number of nitrogens with zero attached hydrogens (tertiary/aromatic N) is 1. The van der Waals surface area contributed by atoms with E-state index in [9.17, 15) is 14.4 Å². The maximum Gasteiger partial charge on any atom is 0.262 e. The Morgan fingerprint density at radius 1 is 1.00 bits per heavy atom. The van der Waals surface area contributed by atoms with Crippen molar-refractivity contribution in [1.82, 2.24) is 10.2 Å². The molecule has 2 atom stereocenters. The molecule has 0 saturated carbocycles. The summed E-state index contributed by atoms with van der Waals surface area (Å²) >= 11 is 0. The molecule has 1 N–H and O–H groups in total. The molecule has 0 spiro atoms. The number of benzene rings is 1. The van der Waals surface area contributed by atoms with E-state index in [2.05, 4.69) is 19.2 Å². The first-order chi connectivity index (χ1) is 11.3. The van der Waals surface area contributed by atoms with Gasteiger partial charge < -0.3 is 5.32 Å². The van der Waals surface area contributed by atoms with Gasteiger partial charge >= 0.3 is 0 Å². The third kappa shape index (κ3) is 3.83. The fourth-order valence-corrected chi connectivity index (χ4v) is 2.94. The van der Waals surface area contributed by atoms with Gasteiger partial charge in [0.25, 0.3) is 11.8 Å². The molecule has 1 aromatic rings. The Hall–Kier alpha value is -2.17. The van der Waals surface area contributed by atoms with Crippen LogP contribution in [-0.2, 0) is 4.79 Å². The summed E-state index contributed by atoms with van der Waals surface area (Å²) in [6.45, 7) is 7.90. The zero-order valence-corrected chi connectivity index (χ0v) is 14.8. The van der Waals surface area contributed by atoms with Crippen molar-refractivity contribution < 1.29 is 14.4 Å². The van der Waals surface area contributed by atoms with E-state index >= 15 is 0 Å². The summed E-state index contributed by atoms with van der Waals surface area (Å²) in [4.78, 5) is 38.3. The monoisotopic (exact) mass is 330 g/mol. The van der Waals surface area contributed by atoms with Gasteiger partial charge in [0.15, 0.2) is 0 Å². The van der Waals surface area contributed by atoms with Crippen LogP contribution in [0.2, 0.25) is 0 Å². The molecule has 0 saturated heterocycles. The lowest BCUT2D eigenvalue weighted by Gasteiger charge is -2.24. The van der Waals surface area contributed by atoms with E-state index in [-0.39, 0.29) is 11.9 Å². The molecule has 0 aromatic heterocycles. The number of hydrogen-bond acceptors (Lipinski definition) is 3. The van der Waals surface area contributed by atoms with Gasteiger partial charge in [0.2, 0.25) is 5.91 Å². The van der Waals surface area contributed by atoms with E-state index in [0.29, 0.717) is 17.0 Å². The largest absolute Gasteiger partial charge is 0.352 e. The van der Waals surface area contributed by atoms with Crippen LogP contribution in [0.4, 0.5) is 0 Å². The van der Waals surface area contributed by atoms with Crippen LogP contribution in [0.15, 0.2) is 24.3 Å². The number of imide groups is 1. The molecule has 1 heterocycles. The normalized spacial score (nSPS) is 16.3. The lowest BCUT2D eigenvalue weighted by molar-refractivity contribution is -0.125. The summed E-state index contributed by atoms with van der Waals surface area (Å²) in [5, 5.41) is 2.91. The number of carbonyl (C=O) groups excluding carboxylic acids is 3. The standard InChI is InChI=1S/C19H26N2O3/c1-12(2)8-7-9-13(3)20-17(22)14(4)21-18(23)15-10-5-6-11-16(15)19(21)24/h5-6,10-14H,7-9H2,1-4H3,(H,20,22). The molecule has 0 radical (unpaired) electrons. The lowest BCUT2D eigenvalue weighted by Crippen LogP contribution is -2.49. The van der Waals surface area contributed by atoms with Crippen molar-refractivity contribution in [3.05, 3.63) is 35.4 Å². The topological polar surface area (TPSA) is 66.5 Å². The quantitative estimate of drug-likeness (QED) is 0.782. The Labute approximate surface area is 143 Å². The van der Waals surface area contributed by atoms with E-state index in [4.69, 9.17) is 0 Å². The summed E-state index contributed by atoms with van der Waals surface area (Å²) in [5.41, 5.74) is 0.735. The van der Waals surface area contributed by atoms with Crippen LogP contribution in [0.1, 0.15) is 67.7 Å². The van der Waals surface area contributed by atoms with Gasteiger partial charge in [-0.05, 0) is 38.3 Å². The van der Waals surface area contributed by atoms with Crippen molar-refractivity contribution in [2.75, 3.05) is 0 Å². The molecule has 1 aliphatic rings. The molecule has 130 valence electrons. The lowest BCUT2D eigenvalue weighted by atomic mass is 10.0. The van der Waals surface area contributed by atoms with Crippen molar-refractivity contribution >= 4 is 17.7 Å². The fourth-order valence-electron chi connectivity index (χ4n) is 2.94. The van der Waals surface area contributed by atoms with Crippen LogP contribution in [0.25, 0.3) is 0 Å². The van der Waals surface area contributed by atoms with Crippen LogP contribution in [0.5, 0.6) is 0 Å². The summed E-state index contributed by atoms with van der Waals surface area (Å²) < 4.78 is 0. The molecule has 1 aromatic carbocycles. The minimum atomic E-state index is -0.815. The molecule has 1 aliphatic heterocycles. The predicted octanol–water partition coefficient (Wildman–Crippen LogP) is 3.00. The summed E-state index contributed by atoms with van der Waals surface area (Å²) in [6.07, 6.45) is 3.05. The molecule has 24 heavy (non-hydrogen) atoms. The third-order valence-electron chi connectivity index (χ3n) is 4.40. The van der Waals surface area contributed by atoms with Crippen LogP contribution in [0, 0.1) is 5.92 Å². The number of hydrogen-bond donors (Lipinski definition) is 1. The van der Waals surface area contributed by atoms with Gasteiger partial charge in [-0.1, -0.05) is 38.8 Å². The van der Waals surface area contributed by atoms with Crippen molar-refractivity contribution in [1.29, 1.82) is 0 Å². The molecule has 3 amide bonds. The number of fused-ring (bicyclic) bond motifs is 1. The average Bonchev–Trinajstić information content (AvgIpc) is 2.78. The highest BCUT2D eigenvalue weighted by molar-refractivity contribution is 6.22. The first-order valence-electron chi connectivity index (χ1n) is 8.60.